The van der Waals surface area contributed by atoms with Crippen molar-refractivity contribution >= 4 is 0 Å². The molecule has 21 heavy (non-hydrogen) atoms. The minimum absolute atomic E-state index is 0.270. The number of methoxy groups -OCH3 is 1. The van der Waals surface area contributed by atoms with E-state index in [1.807, 2.05) is 39.0 Å². The number of hydrogen-bond acceptors (Lipinski definition) is 3. The fourth-order valence-corrected chi connectivity index (χ4v) is 2.61. The highest BCUT2D eigenvalue weighted by Gasteiger charge is 2.20. The van der Waals surface area contributed by atoms with Crippen LogP contribution in [0.3, 0.4) is 0 Å². The third-order valence-corrected chi connectivity index (χ3v) is 3.79. The maximum absolute atomic E-state index is 13.7. The Morgan fingerprint density at radius 3 is 2.43 bits per heavy atom. The topological polar surface area (TPSA) is 47.3 Å². The first kappa shape index (κ1) is 15.5. The molecule has 0 fully saturated rings. The molecular formula is C17H21FN2O. The maximum atomic E-state index is 13.7. The van der Waals surface area contributed by atoms with Crippen LogP contribution in [-0.2, 0) is 0 Å². The molecule has 0 spiro atoms. The number of ether oxygens (including phenoxy) is 1. The zero-order valence-corrected chi connectivity index (χ0v) is 12.8. The van der Waals surface area contributed by atoms with E-state index >= 15 is 0 Å². The second kappa shape index (κ2) is 6.24. The molecule has 4 heteroatoms. The van der Waals surface area contributed by atoms with E-state index in [2.05, 4.69) is 5.43 Å². The van der Waals surface area contributed by atoms with Gasteiger partial charge in [-0.1, -0.05) is 18.2 Å². The average Bonchev–Trinajstić information content (AvgIpc) is 2.43. The summed E-state index contributed by atoms with van der Waals surface area (Å²) in [7, 11) is 1.63. The summed E-state index contributed by atoms with van der Waals surface area (Å²) in [6.07, 6.45) is 0. The van der Waals surface area contributed by atoms with Crippen molar-refractivity contribution in [3.63, 3.8) is 0 Å². The molecule has 112 valence electrons. The maximum Gasteiger partial charge on any atom is 0.127 e. The number of nitrogens with one attached hydrogen (secondary N) is 1. The quantitative estimate of drug-likeness (QED) is 0.670. The molecule has 3 N–H and O–H groups in total. The number of hydrogen-bond donors (Lipinski definition) is 2. The van der Waals surface area contributed by atoms with Crippen LogP contribution >= 0.6 is 0 Å². The Hall–Kier alpha value is -1.91. The number of rotatable bonds is 4. The highest BCUT2D eigenvalue weighted by molar-refractivity contribution is 5.49. The molecule has 0 saturated heterocycles. The second-order valence-corrected chi connectivity index (χ2v) is 5.29. The predicted octanol–water partition coefficient (Wildman–Crippen LogP) is 3.31. The number of aryl methyl sites for hydroxylation is 2. The molecule has 0 radical (unpaired) electrons. The SMILES string of the molecule is COc1c(C(NN)c2cc(C)cc(F)c2)ccc(C)c1C. The zero-order valence-electron chi connectivity index (χ0n) is 12.8. The molecule has 3 nitrogen and oxygen atoms in total. The van der Waals surface area contributed by atoms with E-state index < -0.39 is 0 Å². The summed E-state index contributed by atoms with van der Waals surface area (Å²) < 4.78 is 19.2. The average molecular weight is 288 g/mol. The first-order chi connectivity index (χ1) is 9.97. The first-order valence-electron chi connectivity index (χ1n) is 6.85. The zero-order chi connectivity index (χ0) is 15.6. The van der Waals surface area contributed by atoms with E-state index in [-0.39, 0.29) is 11.9 Å². The largest absolute Gasteiger partial charge is 0.496 e. The Morgan fingerprint density at radius 2 is 1.86 bits per heavy atom. The lowest BCUT2D eigenvalue weighted by atomic mass is 9.94. The monoisotopic (exact) mass is 288 g/mol. The van der Waals surface area contributed by atoms with Crippen molar-refractivity contribution in [1.82, 2.24) is 5.43 Å². The van der Waals surface area contributed by atoms with Gasteiger partial charge in [0.15, 0.2) is 0 Å². The van der Waals surface area contributed by atoms with Crippen molar-refractivity contribution in [3.05, 3.63) is 64.0 Å². The van der Waals surface area contributed by atoms with Gasteiger partial charge in [0, 0.05) is 5.56 Å². The molecule has 0 saturated carbocycles. The molecular weight excluding hydrogens is 267 g/mol. The minimum Gasteiger partial charge on any atom is -0.496 e. The summed E-state index contributed by atoms with van der Waals surface area (Å²) in [5.41, 5.74) is 7.49. The summed E-state index contributed by atoms with van der Waals surface area (Å²) in [4.78, 5) is 0. The highest BCUT2D eigenvalue weighted by Crippen LogP contribution is 2.34. The van der Waals surface area contributed by atoms with E-state index in [1.54, 1.807) is 7.11 Å². The number of benzene rings is 2. The Labute approximate surface area is 124 Å². The summed E-state index contributed by atoms with van der Waals surface area (Å²) in [5, 5.41) is 0. The van der Waals surface area contributed by atoms with Crippen molar-refractivity contribution in [3.8, 4) is 5.75 Å². The fraction of sp³-hybridized carbons (Fsp3) is 0.294. The summed E-state index contributed by atoms with van der Waals surface area (Å²) in [6.45, 7) is 5.89. The third-order valence-electron chi connectivity index (χ3n) is 3.79. The van der Waals surface area contributed by atoms with Crippen LogP contribution in [0.25, 0.3) is 0 Å². The molecule has 0 aromatic heterocycles. The first-order valence-corrected chi connectivity index (χ1v) is 6.85. The summed E-state index contributed by atoms with van der Waals surface area (Å²) >= 11 is 0. The van der Waals surface area contributed by atoms with Crippen molar-refractivity contribution in [2.45, 2.75) is 26.8 Å². The van der Waals surface area contributed by atoms with Crippen LogP contribution in [0, 0.1) is 26.6 Å². The van der Waals surface area contributed by atoms with Gasteiger partial charge in [0.25, 0.3) is 0 Å². The minimum atomic E-state index is -0.325. The van der Waals surface area contributed by atoms with E-state index in [9.17, 15) is 4.39 Å². The molecule has 0 bridgehead atoms. The van der Waals surface area contributed by atoms with Crippen LogP contribution < -0.4 is 16.0 Å². The van der Waals surface area contributed by atoms with Crippen LogP contribution in [0.5, 0.6) is 5.75 Å². The Morgan fingerprint density at radius 1 is 1.14 bits per heavy atom. The summed E-state index contributed by atoms with van der Waals surface area (Å²) in [5.74, 6) is 6.23. The molecule has 2 aromatic carbocycles. The van der Waals surface area contributed by atoms with E-state index in [1.165, 1.54) is 12.1 Å². The van der Waals surface area contributed by atoms with Crippen LogP contribution in [-0.4, -0.2) is 7.11 Å². The van der Waals surface area contributed by atoms with Gasteiger partial charge in [-0.3, -0.25) is 5.84 Å². The highest BCUT2D eigenvalue weighted by atomic mass is 19.1. The number of nitrogens with two attached hydrogens (primary N) is 1. The smallest absolute Gasteiger partial charge is 0.127 e. The van der Waals surface area contributed by atoms with Gasteiger partial charge < -0.3 is 4.74 Å². The van der Waals surface area contributed by atoms with E-state index in [0.29, 0.717) is 0 Å². The van der Waals surface area contributed by atoms with Gasteiger partial charge in [0.1, 0.15) is 11.6 Å². The van der Waals surface area contributed by atoms with E-state index in [0.717, 1.165) is 33.6 Å². The van der Waals surface area contributed by atoms with Crippen molar-refractivity contribution < 1.29 is 9.13 Å². The van der Waals surface area contributed by atoms with Crippen molar-refractivity contribution in [2.24, 2.45) is 5.84 Å². The number of hydrazine groups is 1. The van der Waals surface area contributed by atoms with Gasteiger partial charge in [-0.25, -0.2) is 9.82 Å². The summed E-state index contributed by atoms with van der Waals surface area (Å²) in [6, 6.07) is 8.56. The van der Waals surface area contributed by atoms with Gasteiger partial charge in [-0.15, -0.1) is 0 Å². The fourth-order valence-electron chi connectivity index (χ4n) is 2.61. The molecule has 2 rings (SSSR count). The van der Waals surface area contributed by atoms with Crippen LogP contribution in [0.4, 0.5) is 4.39 Å². The molecule has 0 amide bonds. The van der Waals surface area contributed by atoms with Gasteiger partial charge in [-0.2, -0.15) is 0 Å². The standard InChI is InChI=1S/C17H21FN2O/c1-10-7-13(9-14(18)8-10)16(20-19)15-6-5-11(2)12(3)17(15)21-4/h5-9,16,20H,19H2,1-4H3. The van der Waals surface area contributed by atoms with Gasteiger partial charge in [0.05, 0.1) is 13.2 Å². The van der Waals surface area contributed by atoms with Crippen LogP contribution in [0.2, 0.25) is 0 Å². The lowest BCUT2D eigenvalue weighted by molar-refractivity contribution is 0.400. The molecule has 0 aliphatic carbocycles. The molecule has 1 unspecified atom stereocenters. The second-order valence-electron chi connectivity index (χ2n) is 5.29. The number of halogens is 1. The Kier molecular flexibility index (Phi) is 4.60. The molecule has 0 aliphatic heterocycles. The lowest BCUT2D eigenvalue weighted by Crippen LogP contribution is -2.29. The van der Waals surface area contributed by atoms with Crippen molar-refractivity contribution in [1.29, 1.82) is 0 Å². The van der Waals surface area contributed by atoms with Crippen LogP contribution in [0.15, 0.2) is 30.3 Å². The Bertz CT molecular complexity index is 635. The third kappa shape index (κ3) is 3.06. The van der Waals surface area contributed by atoms with Gasteiger partial charge >= 0.3 is 0 Å². The molecule has 2 aromatic rings. The predicted molar refractivity (Wildman–Crippen MR) is 82.8 cm³/mol. The lowest BCUT2D eigenvalue weighted by Gasteiger charge is -2.22. The van der Waals surface area contributed by atoms with Gasteiger partial charge in [0.2, 0.25) is 0 Å². The molecule has 0 heterocycles. The van der Waals surface area contributed by atoms with Gasteiger partial charge in [-0.05, 0) is 55.2 Å². The van der Waals surface area contributed by atoms with Crippen LogP contribution in [0.1, 0.15) is 33.9 Å². The van der Waals surface area contributed by atoms with Crippen molar-refractivity contribution in [2.75, 3.05) is 7.11 Å². The van der Waals surface area contributed by atoms with E-state index in [4.69, 9.17) is 10.6 Å². The molecule has 1 atom stereocenters. The molecule has 0 aliphatic rings. The Balaban J connectivity index is 2.59. The normalized spacial score (nSPS) is 12.3.